The van der Waals surface area contributed by atoms with E-state index in [9.17, 15) is 0 Å². The second-order valence-electron chi connectivity index (χ2n) is 4.58. The molecule has 0 amide bonds. The topological polar surface area (TPSA) is 66.8 Å². The van der Waals surface area contributed by atoms with Gasteiger partial charge in [-0.3, -0.25) is 4.98 Å². The highest BCUT2D eigenvalue weighted by Crippen LogP contribution is 2.18. The summed E-state index contributed by atoms with van der Waals surface area (Å²) in [5, 5.41) is 11.5. The van der Waals surface area contributed by atoms with Crippen LogP contribution in [0.3, 0.4) is 0 Å². The predicted molar refractivity (Wildman–Crippen MR) is 72.9 cm³/mol. The first-order valence-electron chi connectivity index (χ1n) is 6.47. The van der Waals surface area contributed by atoms with Gasteiger partial charge < -0.3 is 10.2 Å². The molecule has 0 atom stereocenters. The van der Waals surface area contributed by atoms with Gasteiger partial charge in [0.15, 0.2) is 5.82 Å². The minimum atomic E-state index is 0.449. The average Bonchev–Trinajstić information content (AvgIpc) is 2.50. The maximum absolute atomic E-state index is 4.24. The fourth-order valence-corrected chi connectivity index (χ4v) is 2.30. The molecule has 0 aliphatic carbocycles. The smallest absolute Gasteiger partial charge is 0.151 e. The molecular weight excluding hydrogens is 240 g/mol. The van der Waals surface area contributed by atoms with Gasteiger partial charge in [0.2, 0.25) is 0 Å². The summed E-state index contributed by atoms with van der Waals surface area (Å²) in [5.74, 6) is 1.81. The predicted octanol–water partition coefficient (Wildman–Crippen LogP) is 1.35. The summed E-state index contributed by atoms with van der Waals surface area (Å²) < 4.78 is 0. The van der Waals surface area contributed by atoms with Crippen molar-refractivity contribution >= 4 is 11.6 Å². The normalized spacial score (nSPS) is 16.3. The van der Waals surface area contributed by atoms with E-state index in [0.29, 0.717) is 6.04 Å². The number of nitrogens with one attached hydrogen (secondary N) is 1. The van der Waals surface area contributed by atoms with E-state index in [2.05, 4.69) is 30.4 Å². The molecule has 3 heterocycles. The van der Waals surface area contributed by atoms with Gasteiger partial charge in [-0.25, -0.2) is 4.98 Å². The van der Waals surface area contributed by atoms with Crippen molar-refractivity contribution in [3.05, 3.63) is 36.9 Å². The zero-order valence-electron chi connectivity index (χ0n) is 10.6. The van der Waals surface area contributed by atoms with Crippen LogP contribution in [0.15, 0.2) is 36.9 Å². The Morgan fingerprint density at radius 2 is 2.05 bits per heavy atom. The SMILES string of the molecule is c1cnnc(N2CCC(Nc3cnccn3)CC2)c1. The summed E-state index contributed by atoms with van der Waals surface area (Å²) in [5.41, 5.74) is 0. The molecule has 98 valence electrons. The first kappa shape index (κ1) is 11.8. The molecule has 2 aromatic rings. The maximum Gasteiger partial charge on any atom is 0.151 e. The van der Waals surface area contributed by atoms with Crippen LogP contribution in [0.2, 0.25) is 0 Å². The van der Waals surface area contributed by atoms with Crippen LogP contribution in [0.4, 0.5) is 11.6 Å². The van der Waals surface area contributed by atoms with Gasteiger partial charge in [0.25, 0.3) is 0 Å². The molecule has 1 fully saturated rings. The van der Waals surface area contributed by atoms with Crippen molar-refractivity contribution in [2.24, 2.45) is 0 Å². The van der Waals surface area contributed by atoms with Gasteiger partial charge in [0.05, 0.1) is 6.20 Å². The fraction of sp³-hybridized carbons (Fsp3) is 0.385. The van der Waals surface area contributed by atoms with Crippen molar-refractivity contribution < 1.29 is 0 Å². The molecule has 1 aliphatic rings. The van der Waals surface area contributed by atoms with Crippen LogP contribution in [-0.4, -0.2) is 39.3 Å². The van der Waals surface area contributed by atoms with Crippen molar-refractivity contribution in [2.45, 2.75) is 18.9 Å². The molecular formula is C13H16N6. The van der Waals surface area contributed by atoms with Gasteiger partial charge >= 0.3 is 0 Å². The van der Waals surface area contributed by atoms with Gasteiger partial charge in [-0.15, -0.1) is 5.10 Å². The Labute approximate surface area is 111 Å². The standard InChI is InChI=1S/C13H16N6/c1-2-13(18-16-5-1)19-8-3-11(4-9-19)17-12-10-14-6-7-15-12/h1-2,5-7,10-11H,3-4,8-9H2,(H,15,17). The number of nitrogens with zero attached hydrogens (tertiary/aromatic N) is 5. The van der Waals surface area contributed by atoms with Crippen LogP contribution in [-0.2, 0) is 0 Å². The molecule has 2 aromatic heterocycles. The summed E-state index contributed by atoms with van der Waals surface area (Å²) in [6.07, 6.45) is 8.97. The van der Waals surface area contributed by atoms with Crippen LogP contribution in [0.1, 0.15) is 12.8 Å². The molecule has 3 rings (SSSR count). The summed E-state index contributed by atoms with van der Waals surface area (Å²) in [6, 6.07) is 4.37. The monoisotopic (exact) mass is 256 g/mol. The lowest BCUT2D eigenvalue weighted by molar-refractivity contribution is 0.521. The van der Waals surface area contributed by atoms with Gasteiger partial charge in [-0.1, -0.05) is 0 Å². The summed E-state index contributed by atoms with van der Waals surface area (Å²) >= 11 is 0. The third-order valence-corrected chi connectivity index (χ3v) is 3.29. The first-order chi connectivity index (χ1) is 9.42. The van der Waals surface area contributed by atoms with Crippen molar-refractivity contribution in [2.75, 3.05) is 23.3 Å². The molecule has 0 radical (unpaired) electrons. The van der Waals surface area contributed by atoms with Crippen LogP contribution >= 0.6 is 0 Å². The van der Waals surface area contributed by atoms with Crippen molar-refractivity contribution in [1.29, 1.82) is 0 Å². The number of aromatic nitrogens is 4. The molecule has 6 heteroatoms. The van der Waals surface area contributed by atoms with Crippen LogP contribution in [0.5, 0.6) is 0 Å². The highest BCUT2D eigenvalue weighted by atomic mass is 15.3. The number of hydrogen-bond donors (Lipinski definition) is 1. The van der Waals surface area contributed by atoms with Gasteiger partial charge in [0.1, 0.15) is 5.82 Å². The minimum absolute atomic E-state index is 0.449. The van der Waals surface area contributed by atoms with Crippen molar-refractivity contribution in [3.8, 4) is 0 Å². The molecule has 1 N–H and O–H groups in total. The lowest BCUT2D eigenvalue weighted by Crippen LogP contribution is -2.39. The first-order valence-corrected chi connectivity index (χ1v) is 6.47. The summed E-state index contributed by atoms with van der Waals surface area (Å²) in [7, 11) is 0. The second-order valence-corrected chi connectivity index (χ2v) is 4.58. The van der Waals surface area contributed by atoms with E-state index in [-0.39, 0.29) is 0 Å². The maximum atomic E-state index is 4.24. The van der Waals surface area contributed by atoms with Crippen LogP contribution < -0.4 is 10.2 Å². The van der Waals surface area contributed by atoms with E-state index in [1.165, 1.54) is 0 Å². The minimum Gasteiger partial charge on any atom is -0.366 e. The Bertz CT molecular complexity index is 495. The van der Waals surface area contributed by atoms with E-state index < -0.39 is 0 Å². The lowest BCUT2D eigenvalue weighted by Gasteiger charge is -2.32. The second kappa shape index (κ2) is 5.60. The Kier molecular flexibility index (Phi) is 3.49. The van der Waals surface area contributed by atoms with E-state index in [1.807, 2.05) is 12.1 Å². The molecule has 0 aromatic carbocycles. The van der Waals surface area contributed by atoms with E-state index >= 15 is 0 Å². The molecule has 1 saturated heterocycles. The van der Waals surface area contributed by atoms with Gasteiger partial charge in [-0.05, 0) is 25.0 Å². The third-order valence-electron chi connectivity index (χ3n) is 3.29. The highest BCUT2D eigenvalue weighted by Gasteiger charge is 2.20. The van der Waals surface area contributed by atoms with Crippen molar-refractivity contribution in [1.82, 2.24) is 20.2 Å². The van der Waals surface area contributed by atoms with Crippen molar-refractivity contribution in [3.63, 3.8) is 0 Å². The summed E-state index contributed by atoms with van der Waals surface area (Å²) in [6.45, 7) is 1.97. The molecule has 0 unspecified atom stereocenters. The fourth-order valence-electron chi connectivity index (χ4n) is 2.30. The average molecular weight is 256 g/mol. The number of piperidine rings is 1. The van der Waals surface area contributed by atoms with E-state index in [1.54, 1.807) is 24.8 Å². The number of hydrogen-bond acceptors (Lipinski definition) is 6. The zero-order valence-corrected chi connectivity index (χ0v) is 10.6. The van der Waals surface area contributed by atoms with Crippen LogP contribution in [0.25, 0.3) is 0 Å². The molecule has 1 aliphatic heterocycles. The van der Waals surface area contributed by atoms with Gasteiger partial charge in [-0.2, -0.15) is 5.10 Å². The lowest BCUT2D eigenvalue weighted by atomic mass is 10.1. The Balaban J connectivity index is 1.55. The molecule has 0 bridgehead atoms. The molecule has 0 spiro atoms. The zero-order chi connectivity index (χ0) is 12.9. The molecule has 0 saturated carbocycles. The highest BCUT2D eigenvalue weighted by molar-refractivity contribution is 5.38. The number of rotatable bonds is 3. The molecule has 6 nitrogen and oxygen atoms in total. The van der Waals surface area contributed by atoms with E-state index in [4.69, 9.17) is 0 Å². The molecule has 19 heavy (non-hydrogen) atoms. The number of anilines is 2. The van der Waals surface area contributed by atoms with Crippen LogP contribution in [0, 0.1) is 0 Å². The Morgan fingerprint density at radius 1 is 1.16 bits per heavy atom. The van der Waals surface area contributed by atoms with Gasteiger partial charge in [0, 0.05) is 37.7 Å². The Morgan fingerprint density at radius 3 is 2.74 bits per heavy atom. The third kappa shape index (κ3) is 2.96. The summed E-state index contributed by atoms with van der Waals surface area (Å²) in [4.78, 5) is 10.6. The largest absolute Gasteiger partial charge is 0.366 e. The Hall–Kier alpha value is -2.24. The quantitative estimate of drug-likeness (QED) is 0.894. The van der Waals surface area contributed by atoms with E-state index in [0.717, 1.165) is 37.6 Å².